The van der Waals surface area contributed by atoms with Crippen molar-refractivity contribution in [3.63, 3.8) is 0 Å². The number of benzene rings is 2. The van der Waals surface area contributed by atoms with Crippen LogP contribution in [0.1, 0.15) is 33.2 Å². The molecule has 0 saturated heterocycles. The molecule has 2 aromatic carbocycles. The molecule has 0 aliphatic carbocycles. The molecule has 0 fully saturated rings. The standard InChI is InChI=1S/C17H16O4/c1-3-21-17(19)14-10-9-13(11-15(14)20-2)16(18)12-7-5-4-6-8-12/h4-11H,3H2,1-2H3. The Labute approximate surface area is 123 Å². The fraction of sp³-hybridized carbons (Fsp3) is 0.176. The zero-order chi connectivity index (χ0) is 15.2. The first-order chi connectivity index (χ1) is 10.2. The molecule has 0 aliphatic rings. The van der Waals surface area contributed by atoms with Crippen LogP contribution in [0.15, 0.2) is 48.5 Å². The third kappa shape index (κ3) is 3.28. The number of methoxy groups -OCH3 is 1. The first kappa shape index (κ1) is 14.8. The van der Waals surface area contributed by atoms with E-state index in [2.05, 4.69) is 0 Å². The molecular weight excluding hydrogens is 268 g/mol. The molecule has 0 spiro atoms. The molecule has 0 heterocycles. The molecule has 0 N–H and O–H groups in total. The molecule has 0 atom stereocenters. The van der Waals surface area contributed by atoms with Gasteiger partial charge in [-0.05, 0) is 25.1 Å². The van der Waals surface area contributed by atoms with E-state index in [1.54, 1.807) is 49.4 Å². The van der Waals surface area contributed by atoms with Gasteiger partial charge in [-0.15, -0.1) is 0 Å². The number of esters is 1. The summed E-state index contributed by atoms with van der Waals surface area (Å²) in [7, 11) is 1.45. The largest absolute Gasteiger partial charge is 0.496 e. The lowest BCUT2D eigenvalue weighted by Crippen LogP contribution is -2.08. The zero-order valence-electron chi connectivity index (χ0n) is 12.0. The Bertz CT molecular complexity index is 647. The van der Waals surface area contributed by atoms with Gasteiger partial charge in [0.2, 0.25) is 0 Å². The normalized spacial score (nSPS) is 10.0. The van der Waals surface area contributed by atoms with Gasteiger partial charge >= 0.3 is 5.97 Å². The molecule has 0 aromatic heterocycles. The maximum Gasteiger partial charge on any atom is 0.341 e. The van der Waals surface area contributed by atoms with Crippen molar-refractivity contribution in [3.8, 4) is 5.75 Å². The van der Waals surface area contributed by atoms with Gasteiger partial charge in [0, 0.05) is 11.1 Å². The van der Waals surface area contributed by atoms with Gasteiger partial charge in [0.05, 0.1) is 13.7 Å². The number of rotatable bonds is 5. The number of ketones is 1. The third-order valence-electron chi connectivity index (χ3n) is 3.00. The Morgan fingerprint density at radius 1 is 1.00 bits per heavy atom. The van der Waals surface area contributed by atoms with Crippen molar-refractivity contribution in [3.05, 3.63) is 65.2 Å². The van der Waals surface area contributed by atoms with Crippen LogP contribution < -0.4 is 4.74 Å². The summed E-state index contributed by atoms with van der Waals surface area (Å²) in [5.41, 5.74) is 1.36. The van der Waals surface area contributed by atoms with Crippen molar-refractivity contribution in [2.24, 2.45) is 0 Å². The molecule has 0 unspecified atom stereocenters. The second kappa shape index (κ2) is 6.70. The van der Waals surface area contributed by atoms with Crippen LogP contribution in [0.2, 0.25) is 0 Å². The van der Waals surface area contributed by atoms with Crippen molar-refractivity contribution in [2.75, 3.05) is 13.7 Å². The lowest BCUT2D eigenvalue weighted by molar-refractivity contribution is 0.0522. The summed E-state index contributed by atoms with van der Waals surface area (Å²) in [4.78, 5) is 24.1. The molecule has 4 nitrogen and oxygen atoms in total. The average molecular weight is 284 g/mol. The highest BCUT2D eigenvalue weighted by Crippen LogP contribution is 2.23. The Balaban J connectivity index is 2.35. The fourth-order valence-electron chi connectivity index (χ4n) is 1.97. The zero-order valence-corrected chi connectivity index (χ0v) is 12.0. The first-order valence-corrected chi connectivity index (χ1v) is 6.62. The van der Waals surface area contributed by atoms with Crippen LogP contribution in [0.4, 0.5) is 0 Å². The molecule has 0 bridgehead atoms. The maximum absolute atomic E-state index is 12.3. The minimum atomic E-state index is -0.465. The second-order valence-corrected chi connectivity index (χ2v) is 4.33. The number of ether oxygens (including phenoxy) is 2. The van der Waals surface area contributed by atoms with Gasteiger partial charge in [0.15, 0.2) is 5.78 Å². The van der Waals surface area contributed by atoms with E-state index in [4.69, 9.17) is 9.47 Å². The first-order valence-electron chi connectivity index (χ1n) is 6.62. The minimum absolute atomic E-state index is 0.121. The van der Waals surface area contributed by atoms with Crippen LogP contribution in [-0.2, 0) is 4.74 Å². The number of hydrogen-bond donors (Lipinski definition) is 0. The van der Waals surface area contributed by atoms with E-state index in [9.17, 15) is 9.59 Å². The predicted octanol–water partition coefficient (Wildman–Crippen LogP) is 3.10. The number of hydrogen-bond acceptors (Lipinski definition) is 4. The highest BCUT2D eigenvalue weighted by atomic mass is 16.5. The molecule has 0 radical (unpaired) electrons. The van der Waals surface area contributed by atoms with Crippen molar-refractivity contribution in [1.29, 1.82) is 0 Å². The molecule has 2 rings (SSSR count). The van der Waals surface area contributed by atoms with Gasteiger partial charge in [0.1, 0.15) is 11.3 Å². The van der Waals surface area contributed by atoms with E-state index < -0.39 is 5.97 Å². The van der Waals surface area contributed by atoms with Crippen LogP contribution in [0, 0.1) is 0 Å². The van der Waals surface area contributed by atoms with Crippen LogP contribution in [0.3, 0.4) is 0 Å². The van der Waals surface area contributed by atoms with Crippen molar-refractivity contribution >= 4 is 11.8 Å². The Morgan fingerprint density at radius 2 is 1.71 bits per heavy atom. The molecule has 108 valence electrons. The lowest BCUT2D eigenvalue weighted by atomic mass is 10.0. The molecule has 21 heavy (non-hydrogen) atoms. The molecule has 0 amide bonds. The van der Waals surface area contributed by atoms with E-state index in [-0.39, 0.29) is 12.4 Å². The van der Waals surface area contributed by atoms with Gasteiger partial charge in [-0.25, -0.2) is 4.79 Å². The molecule has 4 heteroatoms. The van der Waals surface area contributed by atoms with Crippen molar-refractivity contribution < 1.29 is 19.1 Å². The van der Waals surface area contributed by atoms with E-state index >= 15 is 0 Å². The van der Waals surface area contributed by atoms with E-state index in [1.165, 1.54) is 7.11 Å². The van der Waals surface area contributed by atoms with Gasteiger partial charge in [-0.3, -0.25) is 4.79 Å². The van der Waals surface area contributed by atoms with Crippen LogP contribution >= 0.6 is 0 Å². The quantitative estimate of drug-likeness (QED) is 0.625. The lowest BCUT2D eigenvalue weighted by Gasteiger charge is -2.09. The van der Waals surface area contributed by atoms with E-state index in [0.717, 1.165) is 0 Å². The van der Waals surface area contributed by atoms with Crippen LogP contribution in [0.5, 0.6) is 5.75 Å². The van der Waals surface area contributed by atoms with Crippen molar-refractivity contribution in [2.45, 2.75) is 6.92 Å². The average Bonchev–Trinajstić information content (AvgIpc) is 2.54. The molecule has 2 aromatic rings. The van der Waals surface area contributed by atoms with Gasteiger partial charge in [-0.2, -0.15) is 0 Å². The summed E-state index contributed by atoms with van der Waals surface area (Å²) in [6, 6.07) is 13.6. The molecule has 0 aliphatic heterocycles. The number of carbonyl (C=O) groups excluding carboxylic acids is 2. The summed E-state index contributed by atoms with van der Waals surface area (Å²) in [5.74, 6) is -0.257. The fourth-order valence-corrected chi connectivity index (χ4v) is 1.97. The maximum atomic E-state index is 12.3. The van der Waals surface area contributed by atoms with Crippen molar-refractivity contribution in [1.82, 2.24) is 0 Å². The Kier molecular flexibility index (Phi) is 4.72. The summed E-state index contributed by atoms with van der Waals surface area (Å²) < 4.78 is 10.1. The molecule has 0 saturated carbocycles. The summed E-state index contributed by atoms with van der Waals surface area (Å²) in [5, 5.41) is 0. The van der Waals surface area contributed by atoms with Gasteiger partial charge < -0.3 is 9.47 Å². The second-order valence-electron chi connectivity index (χ2n) is 4.33. The summed E-state index contributed by atoms with van der Waals surface area (Å²) in [6.07, 6.45) is 0. The minimum Gasteiger partial charge on any atom is -0.496 e. The summed E-state index contributed by atoms with van der Waals surface area (Å²) >= 11 is 0. The topological polar surface area (TPSA) is 52.6 Å². The SMILES string of the molecule is CCOC(=O)c1ccc(C(=O)c2ccccc2)cc1OC. The van der Waals surface area contributed by atoms with E-state index in [1.807, 2.05) is 6.07 Å². The Morgan fingerprint density at radius 3 is 2.33 bits per heavy atom. The molecular formula is C17H16O4. The van der Waals surface area contributed by atoms with Gasteiger partial charge in [-0.1, -0.05) is 30.3 Å². The van der Waals surface area contributed by atoms with Gasteiger partial charge in [0.25, 0.3) is 0 Å². The predicted molar refractivity (Wildman–Crippen MR) is 78.8 cm³/mol. The van der Waals surface area contributed by atoms with E-state index in [0.29, 0.717) is 22.4 Å². The Hall–Kier alpha value is -2.62. The summed E-state index contributed by atoms with van der Waals surface area (Å²) in [6.45, 7) is 2.02. The highest BCUT2D eigenvalue weighted by molar-refractivity contribution is 6.09. The highest BCUT2D eigenvalue weighted by Gasteiger charge is 2.17. The number of carbonyl (C=O) groups is 2. The van der Waals surface area contributed by atoms with Crippen LogP contribution in [-0.4, -0.2) is 25.5 Å². The smallest absolute Gasteiger partial charge is 0.341 e. The third-order valence-corrected chi connectivity index (χ3v) is 3.00. The monoisotopic (exact) mass is 284 g/mol. The van der Waals surface area contributed by atoms with Crippen LogP contribution in [0.25, 0.3) is 0 Å².